The zero-order valence-electron chi connectivity index (χ0n) is 26.8. The van der Waals surface area contributed by atoms with Crippen LogP contribution >= 0.6 is 23.2 Å². The Kier molecular flexibility index (Phi) is 7.92. The summed E-state index contributed by atoms with van der Waals surface area (Å²) in [5, 5.41) is 1.40. The van der Waals surface area contributed by atoms with Gasteiger partial charge in [0.05, 0.1) is 19.3 Å². The number of amides is 1. The molecular formula is C36H43Cl2NO4Si. The molecule has 6 rings (SSSR count). The number of benzene rings is 3. The molecule has 1 amide bonds. The minimum Gasteiger partial charge on any atom is -0.416 e. The van der Waals surface area contributed by atoms with Crippen molar-refractivity contribution >= 4 is 37.4 Å². The number of rotatable bonds is 10. The summed E-state index contributed by atoms with van der Waals surface area (Å²) in [6, 6.07) is 21.2. The molecular weight excluding hydrogens is 609 g/mol. The number of ether oxygens (including phenoxy) is 2. The standard InChI is InChI=1S/C36H43Cl2NO4Si/c1-24(25-8-13-28(37)14-9-25)39-32(40)30-20-27(34(5)21-41-34)12-17-31(30)36(39,26-10-15-29(38)16-11-26)42-22-35(18-19-35)23-43-44(6,7)33(2,3)4/h8-17,20,24H,18-19,21-23H2,1-7H3/t24?,34?,36-/m1/s1. The first-order valence-electron chi connectivity index (χ1n) is 15.5. The maximum atomic E-state index is 14.7. The van der Waals surface area contributed by atoms with E-state index in [1.54, 1.807) is 0 Å². The molecule has 3 aliphatic rings. The molecule has 2 fully saturated rings. The van der Waals surface area contributed by atoms with Crippen LogP contribution in [0.25, 0.3) is 0 Å². The van der Waals surface area contributed by atoms with Crippen molar-refractivity contribution in [3.8, 4) is 0 Å². The van der Waals surface area contributed by atoms with Gasteiger partial charge in [0.25, 0.3) is 5.91 Å². The zero-order chi connectivity index (χ0) is 31.7. The van der Waals surface area contributed by atoms with Gasteiger partial charge in [0.2, 0.25) is 0 Å². The van der Waals surface area contributed by atoms with Crippen LogP contribution in [0.5, 0.6) is 0 Å². The summed E-state index contributed by atoms with van der Waals surface area (Å²) in [4.78, 5) is 16.6. The van der Waals surface area contributed by atoms with Crippen LogP contribution < -0.4 is 0 Å². The Hall–Kier alpha value is -2.19. The molecule has 3 atom stereocenters. The molecule has 3 aromatic rings. The van der Waals surface area contributed by atoms with Crippen LogP contribution in [0.3, 0.4) is 0 Å². The zero-order valence-corrected chi connectivity index (χ0v) is 29.3. The van der Waals surface area contributed by atoms with E-state index in [2.05, 4.69) is 59.8 Å². The normalized spacial score (nSPS) is 24.8. The molecule has 1 saturated carbocycles. The monoisotopic (exact) mass is 651 g/mol. The quantitative estimate of drug-likeness (QED) is 0.162. The predicted octanol–water partition coefficient (Wildman–Crippen LogP) is 9.48. The van der Waals surface area contributed by atoms with Crippen LogP contribution in [0, 0.1) is 5.41 Å². The molecule has 44 heavy (non-hydrogen) atoms. The van der Waals surface area contributed by atoms with E-state index in [0.29, 0.717) is 35.4 Å². The molecule has 1 saturated heterocycles. The molecule has 0 bridgehead atoms. The Balaban J connectivity index is 1.45. The van der Waals surface area contributed by atoms with Gasteiger partial charge in [-0.1, -0.05) is 80.4 Å². The molecule has 2 heterocycles. The van der Waals surface area contributed by atoms with Crippen LogP contribution in [0.15, 0.2) is 66.7 Å². The molecule has 3 aromatic carbocycles. The number of hydrogen-bond donors (Lipinski definition) is 0. The van der Waals surface area contributed by atoms with Gasteiger partial charge < -0.3 is 13.9 Å². The van der Waals surface area contributed by atoms with Crippen molar-refractivity contribution in [3.63, 3.8) is 0 Å². The molecule has 234 valence electrons. The lowest BCUT2D eigenvalue weighted by Gasteiger charge is -2.44. The largest absolute Gasteiger partial charge is 0.416 e. The Morgan fingerprint density at radius 3 is 2.05 bits per heavy atom. The maximum absolute atomic E-state index is 14.7. The lowest BCUT2D eigenvalue weighted by molar-refractivity contribution is -0.137. The fourth-order valence-corrected chi connectivity index (χ4v) is 7.23. The predicted molar refractivity (Wildman–Crippen MR) is 179 cm³/mol. The Bertz CT molecular complexity index is 1560. The Morgan fingerprint density at radius 2 is 1.50 bits per heavy atom. The van der Waals surface area contributed by atoms with Gasteiger partial charge in [-0.25, -0.2) is 0 Å². The molecule has 8 heteroatoms. The summed E-state index contributed by atoms with van der Waals surface area (Å²) in [5.74, 6) is -0.0779. The van der Waals surface area contributed by atoms with Crippen molar-refractivity contribution in [1.29, 1.82) is 0 Å². The summed E-state index contributed by atoms with van der Waals surface area (Å²) in [5.41, 5.74) is 2.66. The van der Waals surface area contributed by atoms with Gasteiger partial charge in [-0.15, -0.1) is 0 Å². The third-order valence-electron chi connectivity index (χ3n) is 10.4. The second kappa shape index (κ2) is 11.0. The van der Waals surface area contributed by atoms with Crippen LogP contribution in [0.4, 0.5) is 0 Å². The number of epoxide rings is 1. The lowest BCUT2D eigenvalue weighted by Crippen LogP contribution is -2.49. The molecule has 5 nitrogen and oxygen atoms in total. The third kappa shape index (κ3) is 5.56. The van der Waals surface area contributed by atoms with Crippen molar-refractivity contribution in [3.05, 3.63) is 105 Å². The van der Waals surface area contributed by atoms with Gasteiger partial charge in [-0.3, -0.25) is 9.69 Å². The summed E-state index contributed by atoms with van der Waals surface area (Å²) < 4.78 is 19.7. The maximum Gasteiger partial charge on any atom is 0.257 e. The van der Waals surface area contributed by atoms with Crippen molar-refractivity contribution < 1.29 is 18.7 Å². The molecule has 1 aliphatic carbocycles. The van der Waals surface area contributed by atoms with E-state index in [1.165, 1.54) is 0 Å². The molecule has 0 N–H and O–H groups in total. The van der Waals surface area contributed by atoms with Gasteiger partial charge >= 0.3 is 0 Å². The average Bonchev–Trinajstić information content (AvgIpc) is 3.91. The summed E-state index contributed by atoms with van der Waals surface area (Å²) in [6.07, 6.45) is 2.06. The topological polar surface area (TPSA) is 51.3 Å². The van der Waals surface area contributed by atoms with E-state index in [1.807, 2.05) is 59.5 Å². The second-order valence-electron chi connectivity index (χ2n) is 14.7. The van der Waals surface area contributed by atoms with E-state index < -0.39 is 14.0 Å². The van der Waals surface area contributed by atoms with Gasteiger partial charge in [0, 0.05) is 38.8 Å². The van der Waals surface area contributed by atoms with Gasteiger partial charge in [0.15, 0.2) is 14.0 Å². The number of carbonyl (C=O) groups excluding carboxylic acids is 1. The minimum atomic E-state index is -1.95. The lowest BCUT2D eigenvalue weighted by atomic mass is 9.89. The highest BCUT2D eigenvalue weighted by Crippen LogP contribution is 2.55. The van der Waals surface area contributed by atoms with Crippen LogP contribution in [0.2, 0.25) is 28.2 Å². The fraction of sp³-hybridized carbons (Fsp3) is 0.472. The smallest absolute Gasteiger partial charge is 0.257 e. The number of fused-ring (bicyclic) bond motifs is 1. The number of carbonyl (C=O) groups is 1. The second-order valence-corrected chi connectivity index (χ2v) is 20.4. The van der Waals surface area contributed by atoms with E-state index in [-0.39, 0.29) is 28.0 Å². The molecule has 0 spiro atoms. The van der Waals surface area contributed by atoms with Gasteiger partial charge in [0.1, 0.15) is 5.60 Å². The summed E-state index contributed by atoms with van der Waals surface area (Å²) >= 11 is 12.7. The number of nitrogens with zero attached hydrogens (tertiary/aromatic N) is 1. The van der Waals surface area contributed by atoms with Crippen molar-refractivity contribution in [2.24, 2.45) is 5.41 Å². The highest BCUT2D eigenvalue weighted by atomic mass is 35.5. The van der Waals surface area contributed by atoms with Gasteiger partial charge in [-0.2, -0.15) is 0 Å². The van der Waals surface area contributed by atoms with E-state index in [4.69, 9.17) is 37.1 Å². The van der Waals surface area contributed by atoms with Gasteiger partial charge in [-0.05, 0) is 86.3 Å². The van der Waals surface area contributed by atoms with E-state index in [9.17, 15) is 4.79 Å². The number of halogens is 2. The van der Waals surface area contributed by atoms with E-state index >= 15 is 0 Å². The Labute approximate surface area is 272 Å². The molecule has 0 aromatic heterocycles. The van der Waals surface area contributed by atoms with Crippen molar-refractivity contribution in [1.82, 2.24) is 4.90 Å². The minimum absolute atomic E-state index is 0.0779. The molecule has 0 radical (unpaired) electrons. The first kappa shape index (κ1) is 31.8. The summed E-state index contributed by atoms with van der Waals surface area (Å²) in [6.45, 7) is 17.3. The highest BCUT2D eigenvalue weighted by Gasteiger charge is 2.57. The van der Waals surface area contributed by atoms with E-state index in [0.717, 1.165) is 35.1 Å². The SMILES string of the molecule is CC(c1ccc(Cl)cc1)N1C(=O)c2cc(C3(C)CO3)ccc2[C@]1(OCC1(CO[Si](C)(C)C(C)(C)C)CC1)c1ccc(Cl)cc1. The molecule has 2 unspecified atom stereocenters. The fourth-order valence-electron chi connectivity index (χ4n) is 5.88. The van der Waals surface area contributed by atoms with Crippen LogP contribution in [-0.4, -0.2) is 38.9 Å². The van der Waals surface area contributed by atoms with Crippen LogP contribution in [-0.2, 0) is 25.2 Å². The average molecular weight is 653 g/mol. The third-order valence-corrected chi connectivity index (χ3v) is 15.4. The molecule has 2 aliphatic heterocycles. The first-order valence-corrected chi connectivity index (χ1v) is 19.2. The number of hydrogen-bond acceptors (Lipinski definition) is 4. The van der Waals surface area contributed by atoms with Crippen molar-refractivity contribution in [2.45, 2.75) is 83.0 Å². The first-order chi connectivity index (χ1) is 20.6. The van der Waals surface area contributed by atoms with Crippen LogP contribution in [0.1, 0.15) is 86.1 Å². The van der Waals surface area contributed by atoms with Crippen molar-refractivity contribution in [2.75, 3.05) is 19.8 Å². The summed E-state index contributed by atoms with van der Waals surface area (Å²) in [7, 11) is -1.95. The Morgan fingerprint density at radius 1 is 0.932 bits per heavy atom. The highest BCUT2D eigenvalue weighted by molar-refractivity contribution is 6.74.